The quantitative estimate of drug-likeness (QED) is 0.649. The molecule has 0 amide bonds. The zero-order chi connectivity index (χ0) is 9.26. The van der Waals surface area contributed by atoms with Crippen molar-refractivity contribution in [3.05, 3.63) is 42.5 Å². The Kier molecular flexibility index (Phi) is 1.93. The van der Waals surface area contributed by atoms with Gasteiger partial charge in [-0.15, -0.1) is 0 Å². The minimum Gasteiger partial charge on any atom is -0.361 e. The largest absolute Gasteiger partial charge is 0.361 e. The van der Waals surface area contributed by atoms with Crippen molar-refractivity contribution >= 4 is 5.69 Å². The molecule has 0 fully saturated rings. The molecule has 1 aromatic carbocycles. The summed E-state index contributed by atoms with van der Waals surface area (Å²) in [6, 6.07) is 6.60. The predicted octanol–water partition coefficient (Wildman–Crippen LogP) is 2.01. The molecule has 1 heterocycles. The molecule has 0 atom stereocenters. The van der Waals surface area contributed by atoms with Crippen LogP contribution in [0.2, 0.25) is 0 Å². The van der Waals surface area contributed by atoms with Crippen molar-refractivity contribution in [3.63, 3.8) is 0 Å². The Balaban J connectivity index is 2.22. The summed E-state index contributed by atoms with van der Waals surface area (Å²) < 4.78 is 12.9. The second-order valence-electron chi connectivity index (χ2n) is 3.15. The Bertz CT molecular complexity index is 335. The van der Waals surface area contributed by atoms with E-state index in [1.54, 1.807) is 6.07 Å². The molecule has 2 rings (SSSR count). The first-order valence-electron chi connectivity index (χ1n) is 4.16. The number of rotatable bonds is 1. The summed E-state index contributed by atoms with van der Waals surface area (Å²) in [6.45, 7) is 0.781. The Morgan fingerprint density at radius 2 is 2.15 bits per heavy atom. The van der Waals surface area contributed by atoms with Gasteiger partial charge in [-0.25, -0.2) is 4.39 Å². The third-order valence-corrected chi connectivity index (χ3v) is 2.02. The highest BCUT2D eigenvalue weighted by Gasteiger charge is 2.10. The van der Waals surface area contributed by atoms with Gasteiger partial charge in [-0.3, -0.25) is 0 Å². The number of anilines is 1. The maximum atomic E-state index is 12.9. The van der Waals surface area contributed by atoms with E-state index in [-0.39, 0.29) is 5.82 Å². The molecule has 13 heavy (non-hydrogen) atoms. The molecular formula is C10H11FN2. The third-order valence-electron chi connectivity index (χ3n) is 2.02. The van der Waals surface area contributed by atoms with Gasteiger partial charge in [-0.1, -0.05) is 6.07 Å². The highest BCUT2D eigenvalue weighted by molar-refractivity contribution is 5.50. The number of benzene rings is 1. The van der Waals surface area contributed by atoms with E-state index in [0.717, 1.165) is 12.4 Å². The van der Waals surface area contributed by atoms with Gasteiger partial charge < -0.3 is 9.80 Å². The van der Waals surface area contributed by atoms with Crippen LogP contribution in [0.4, 0.5) is 10.1 Å². The van der Waals surface area contributed by atoms with Gasteiger partial charge in [0.25, 0.3) is 0 Å². The number of nitrogens with zero attached hydrogens (tertiary/aromatic N) is 2. The fourth-order valence-electron chi connectivity index (χ4n) is 1.35. The van der Waals surface area contributed by atoms with Crippen LogP contribution in [-0.2, 0) is 0 Å². The van der Waals surface area contributed by atoms with E-state index < -0.39 is 0 Å². The van der Waals surface area contributed by atoms with Crippen molar-refractivity contribution < 1.29 is 4.39 Å². The highest BCUT2D eigenvalue weighted by Crippen LogP contribution is 2.18. The average molecular weight is 178 g/mol. The van der Waals surface area contributed by atoms with Crippen LogP contribution in [-0.4, -0.2) is 18.6 Å². The molecule has 0 unspecified atom stereocenters. The van der Waals surface area contributed by atoms with Gasteiger partial charge in [-0.2, -0.15) is 0 Å². The summed E-state index contributed by atoms with van der Waals surface area (Å²) in [6.07, 6.45) is 3.90. The Hall–Kier alpha value is -1.51. The van der Waals surface area contributed by atoms with Gasteiger partial charge in [0.1, 0.15) is 5.82 Å². The maximum absolute atomic E-state index is 12.9. The van der Waals surface area contributed by atoms with Crippen molar-refractivity contribution in [1.82, 2.24) is 4.90 Å². The molecule has 0 aromatic heterocycles. The zero-order valence-corrected chi connectivity index (χ0v) is 7.44. The Morgan fingerprint density at radius 1 is 1.31 bits per heavy atom. The van der Waals surface area contributed by atoms with E-state index in [1.165, 1.54) is 12.1 Å². The van der Waals surface area contributed by atoms with Gasteiger partial charge in [0.05, 0.1) is 6.67 Å². The normalized spacial score (nSPS) is 15.5. The smallest absolute Gasteiger partial charge is 0.125 e. The van der Waals surface area contributed by atoms with Crippen molar-refractivity contribution in [3.8, 4) is 0 Å². The minimum absolute atomic E-state index is 0.194. The van der Waals surface area contributed by atoms with Gasteiger partial charge >= 0.3 is 0 Å². The average Bonchev–Trinajstić information content (AvgIpc) is 2.52. The maximum Gasteiger partial charge on any atom is 0.125 e. The van der Waals surface area contributed by atoms with Gasteiger partial charge in [0.15, 0.2) is 0 Å². The molecule has 0 spiro atoms. The summed E-state index contributed by atoms with van der Waals surface area (Å²) in [4.78, 5) is 4.02. The highest BCUT2D eigenvalue weighted by atomic mass is 19.1. The van der Waals surface area contributed by atoms with E-state index >= 15 is 0 Å². The van der Waals surface area contributed by atoms with E-state index in [9.17, 15) is 4.39 Å². The van der Waals surface area contributed by atoms with E-state index in [1.807, 2.05) is 35.3 Å². The molecule has 3 heteroatoms. The molecule has 0 radical (unpaired) electrons. The molecular weight excluding hydrogens is 167 g/mol. The van der Waals surface area contributed by atoms with Crippen LogP contribution in [0, 0.1) is 5.82 Å². The molecule has 1 aromatic rings. The fraction of sp³-hybridized carbons (Fsp3) is 0.200. The standard InChI is InChI=1S/C10H11FN2/c1-12-5-6-13(8-12)10-4-2-3-9(11)7-10/h2-7H,8H2,1H3. The monoisotopic (exact) mass is 178 g/mol. The van der Waals surface area contributed by atoms with Crippen LogP contribution < -0.4 is 4.90 Å². The van der Waals surface area contributed by atoms with Crippen LogP contribution in [0.5, 0.6) is 0 Å². The van der Waals surface area contributed by atoms with Gasteiger partial charge in [0, 0.05) is 25.1 Å². The van der Waals surface area contributed by atoms with Crippen molar-refractivity contribution in [1.29, 1.82) is 0 Å². The lowest BCUT2D eigenvalue weighted by atomic mass is 10.3. The first-order valence-corrected chi connectivity index (χ1v) is 4.16. The molecule has 68 valence electrons. The lowest BCUT2D eigenvalue weighted by Gasteiger charge is -2.17. The zero-order valence-electron chi connectivity index (χ0n) is 7.44. The van der Waals surface area contributed by atoms with E-state index in [2.05, 4.69) is 0 Å². The van der Waals surface area contributed by atoms with Crippen LogP contribution in [0.1, 0.15) is 0 Å². The second-order valence-corrected chi connectivity index (χ2v) is 3.15. The van der Waals surface area contributed by atoms with Crippen LogP contribution in [0.15, 0.2) is 36.7 Å². The number of hydrogen-bond acceptors (Lipinski definition) is 2. The summed E-state index contributed by atoms with van der Waals surface area (Å²) in [5.74, 6) is -0.194. The molecule has 2 nitrogen and oxygen atoms in total. The molecule has 0 aliphatic carbocycles. The first kappa shape index (κ1) is 8.10. The number of halogens is 1. The third kappa shape index (κ3) is 1.64. The lowest BCUT2D eigenvalue weighted by molar-refractivity contribution is 0.495. The van der Waals surface area contributed by atoms with Crippen molar-refractivity contribution in [2.24, 2.45) is 0 Å². The van der Waals surface area contributed by atoms with Crippen molar-refractivity contribution in [2.75, 3.05) is 18.6 Å². The molecule has 1 aliphatic rings. The van der Waals surface area contributed by atoms with Crippen molar-refractivity contribution in [2.45, 2.75) is 0 Å². The Labute approximate surface area is 76.9 Å². The summed E-state index contributed by atoms with van der Waals surface area (Å²) in [7, 11) is 1.98. The molecule has 0 saturated carbocycles. The van der Waals surface area contributed by atoms with E-state index in [4.69, 9.17) is 0 Å². The molecule has 0 N–H and O–H groups in total. The van der Waals surface area contributed by atoms with E-state index in [0.29, 0.717) is 0 Å². The van der Waals surface area contributed by atoms with Gasteiger partial charge in [0.2, 0.25) is 0 Å². The Morgan fingerprint density at radius 3 is 2.77 bits per heavy atom. The lowest BCUT2D eigenvalue weighted by Crippen LogP contribution is -2.21. The second kappa shape index (κ2) is 3.09. The molecule has 0 bridgehead atoms. The SMILES string of the molecule is CN1C=CN(c2cccc(F)c2)C1. The topological polar surface area (TPSA) is 6.48 Å². The fourth-order valence-corrected chi connectivity index (χ4v) is 1.35. The number of hydrogen-bond donors (Lipinski definition) is 0. The minimum atomic E-state index is -0.194. The van der Waals surface area contributed by atoms with Gasteiger partial charge in [-0.05, 0) is 18.2 Å². The summed E-state index contributed by atoms with van der Waals surface area (Å²) in [5, 5.41) is 0. The first-order chi connectivity index (χ1) is 6.25. The van der Waals surface area contributed by atoms with Crippen LogP contribution in [0.25, 0.3) is 0 Å². The summed E-state index contributed by atoms with van der Waals surface area (Å²) >= 11 is 0. The van der Waals surface area contributed by atoms with Crippen LogP contribution in [0.3, 0.4) is 0 Å². The summed E-state index contributed by atoms with van der Waals surface area (Å²) in [5.41, 5.74) is 0.889. The predicted molar refractivity (Wildman–Crippen MR) is 50.6 cm³/mol. The molecule has 1 aliphatic heterocycles. The molecule has 0 saturated heterocycles. The van der Waals surface area contributed by atoms with Crippen LogP contribution >= 0.6 is 0 Å².